The number of sulfone groups is 1. The molecule has 5 atom stereocenters. The molecule has 1 aliphatic heterocycles. The van der Waals surface area contributed by atoms with Crippen LogP contribution in [0.5, 0.6) is 0 Å². The smallest absolute Gasteiger partial charge is 0.306 e. The standard InChI is InChI=1S/C26H33Cl2NO6S/c1-4-6-18(27)13-14-21-25(17-9-11-19(28)12-10-17)29(26(32)22(35-21)15-24(30)31)20-7-5-8-23(20)36(33,34)16(2)3/h4,6,9-13,16,20-23,25H,5,7-8,14-15H2,1-3H3,(H,30,31). The number of amides is 1. The Balaban J connectivity index is 2.14. The van der Waals surface area contributed by atoms with E-state index >= 15 is 0 Å². The Labute approximate surface area is 223 Å². The zero-order valence-electron chi connectivity index (χ0n) is 20.6. The van der Waals surface area contributed by atoms with Crippen LogP contribution in [0.3, 0.4) is 0 Å². The van der Waals surface area contributed by atoms with Gasteiger partial charge in [-0.2, -0.15) is 0 Å². The first-order chi connectivity index (χ1) is 17.0. The van der Waals surface area contributed by atoms with Gasteiger partial charge in [0.15, 0.2) is 9.84 Å². The number of benzene rings is 1. The number of halogens is 2. The van der Waals surface area contributed by atoms with Crippen molar-refractivity contribution in [3.05, 3.63) is 58.1 Å². The molecule has 1 aromatic rings. The molecule has 0 spiro atoms. The maximum absolute atomic E-state index is 13.8. The SMILES string of the molecule is CC=CC(Cl)=CCC1OC(CC(=O)O)C(=O)N(C2CCCC2S(=O)(=O)C(C)C)C1c1ccc(Cl)cc1. The van der Waals surface area contributed by atoms with Gasteiger partial charge in [0.2, 0.25) is 0 Å². The van der Waals surface area contributed by atoms with Gasteiger partial charge < -0.3 is 14.7 Å². The third kappa shape index (κ3) is 6.33. The van der Waals surface area contributed by atoms with Crippen LogP contribution in [0.25, 0.3) is 0 Å². The predicted octanol–water partition coefficient (Wildman–Crippen LogP) is 5.29. The van der Waals surface area contributed by atoms with Gasteiger partial charge in [-0.3, -0.25) is 9.59 Å². The van der Waals surface area contributed by atoms with Crippen LogP contribution in [-0.4, -0.2) is 59.1 Å². The molecule has 198 valence electrons. The lowest BCUT2D eigenvalue weighted by atomic mass is 9.91. The van der Waals surface area contributed by atoms with Crippen LogP contribution in [0.15, 0.2) is 47.5 Å². The molecule has 2 fully saturated rings. The van der Waals surface area contributed by atoms with Gasteiger partial charge >= 0.3 is 5.97 Å². The maximum atomic E-state index is 13.8. The van der Waals surface area contributed by atoms with Gasteiger partial charge in [0.05, 0.1) is 29.1 Å². The van der Waals surface area contributed by atoms with E-state index in [1.807, 2.05) is 6.92 Å². The van der Waals surface area contributed by atoms with Crippen LogP contribution >= 0.6 is 23.2 Å². The molecule has 1 saturated heterocycles. The molecule has 1 heterocycles. The van der Waals surface area contributed by atoms with Gasteiger partial charge in [0, 0.05) is 16.1 Å². The summed E-state index contributed by atoms with van der Waals surface area (Å²) < 4.78 is 32.7. The molecule has 10 heteroatoms. The number of hydrogen-bond acceptors (Lipinski definition) is 5. The van der Waals surface area contributed by atoms with Gasteiger partial charge in [-0.1, -0.05) is 47.5 Å². The molecule has 5 unspecified atom stereocenters. The molecular weight excluding hydrogens is 525 g/mol. The van der Waals surface area contributed by atoms with Crippen molar-refractivity contribution in [2.75, 3.05) is 0 Å². The molecule has 2 aliphatic rings. The molecule has 0 bridgehead atoms. The number of carbonyl (C=O) groups is 2. The summed E-state index contributed by atoms with van der Waals surface area (Å²) in [6.45, 7) is 5.13. The quantitative estimate of drug-likeness (QED) is 0.414. The number of carbonyl (C=O) groups excluding carboxylic acids is 1. The third-order valence-corrected chi connectivity index (χ3v) is 10.1. The van der Waals surface area contributed by atoms with Crippen molar-refractivity contribution in [1.82, 2.24) is 4.90 Å². The Morgan fingerprint density at radius 2 is 1.92 bits per heavy atom. The predicted molar refractivity (Wildman–Crippen MR) is 141 cm³/mol. The summed E-state index contributed by atoms with van der Waals surface area (Å²) in [7, 11) is -3.52. The molecule has 1 amide bonds. The summed E-state index contributed by atoms with van der Waals surface area (Å²) in [6, 6.07) is 5.76. The summed E-state index contributed by atoms with van der Waals surface area (Å²) in [5.74, 6) is -1.68. The van der Waals surface area contributed by atoms with Gasteiger partial charge in [-0.15, -0.1) is 0 Å². The largest absolute Gasteiger partial charge is 0.481 e. The summed E-state index contributed by atoms with van der Waals surface area (Å²) >= 11 is 12.4. The second kappa shape index (κ2) is 12.1. The van der Waals surface area contributed by atoms with E-state index in [2.05, 4.69) is 0 Å². The molecular formula is C26H33Cl2NO6S. The molecule has 36 heavy (non-hydrogen) atoms. The number of allylic oxidation sites excluding steroid dienone is 3. The summed E-state index contributed by atoms with van der Waals surface area (Å²) in [5.41, 5.74) is 0.731. The van der Waals surface area contributed by atoms with E-state index in [0.717, 1.165) is 5.56 Å². The fourth-order valence-corrected chi connectivity index (χ4v) is 7.36. The number of nitrogens with zero attached hydrogens (tertiary/aromatic N) is 1. The van der Waals surface area contributed by atoms with E-state index in [1.165, 1.54) is 0 Å². The molecule has 7 nitrogen and oxygen atoms in total. The highest BCUT2D eigenvalue weighted by Crippen LogP contribution is 2.42. The molecule has 1 aliphatic carbocycles. The van der Waals surface area contributed by atoms with Gasteiger partial charge in [0.25, 0.3) is 5.91 Å². The maximum Gasteiger partial charge on any atom is 0.306 e. The second-order valence-electron chi connectivity index (χ2n) is 9.50. The zero-order chi connectivity index (χ0) is 26.6. The third-order valence-electron chi connectivity index (χ3n) is 6.82. The van der Waals surface area contributed by atoms with Crippen LogP contribution in [-0.2, 0) is 24.2 Å². The fourth-order valence-electron chi connectivity index (χ4n) is 5.12. The van der Waals surface area contributed by atoms with Crippen molar-refractivity contribution < 1.29 is 27.9 Å². The van der Waals surface area contributed by atoms with E-state index in [1.54, 1.807) is 61.2 Å². The Morgan fingerprint density at radius 1 is 1.25 bits per heavy atom. The number of carboxylic acid groups (broad SMARTS) is 1. The summed E-state index contributed by atoms with van der Waals surface area (Å²) in [4.78, 5) is 27.0. The number of ether oxygens (including phenoxy) is 1. The number of hydrogen-bond donors (Lipinski definition) is 1. The number of morpholine rings is 1. The minimum atomic E-state index is -3.52. The van der Waals surface area contributed by atoms with Crippen molar-refractivity contribution in [3.63, 3.8) is 0 Å². The summed E-state index contributed by atoms with van der Waals surface area (Å²) in [6.07, 6.45) is 4.80. The topological polar surface area (TPSA) is 101 Å². The average molecular weight is 559 g/mol. The van der Waals surface area contributed by atoms with Crippen LogP contribution in [0.2, 0.25) is 5.02 Å². The lowest BCUT2D eigenvalue weighted by molar-refractivity contribution is -0.181. The van der Waals surface area contributed by atoms with Gasteiger partial charge in [0.1, 0.15) is 6.10 Å². The first-order valence-corrected chi connectivity index (χ1v) is 14.5. The molecule has 1 N–H and O–H groups in total. The van der Waals surface area contributed by atoms with Crippen molar-refractivity contribution in [2.45, 2.75) is 87.7 Å². The van der Waals surface area contributed by atoms with E-state index < -0.39 is 62.9 Å². The van der Waals surface area contributed by atoms with E-state index in [9.17, 15) is 23.1 Å². The van der Waals surface area contributed by atoms with Crippen molar-refractivity contribution in [1.29, 1.82) is 0 Å². The number of rotatable bonds is 9. The van der Waals surface area contributed by atoms with Gasteiger partial charge in [-0.25, -0.2) is 8.42 Å². The highest BCUT2D eigenvalue weighted by molar-refractivity contribution is 7.92. The molecule has 0 aromatic heterocycles. The van der Waals surface area contributed by atoms with E-state index in [4.69, 9.17) is 27.9 Å². The van der Waals surface area contributed by atoms with Crippen LogP contribution in [0.1, 0.15) is 64.5 Å². The lowest BCUT2D eigenvalue weighted by Crippen LogP contribution is -2.60. The van der Waals surface area contributed by atoms with Gasteiger partial charge in [-0.05, 0) is 70.2 Å². The monoisotopic (exact) mass is 557 g/mol. The molecule has 0 radical (unpaired) electrons. The molecule has 3 rings (SSSR count). The Hall–Kier alpha value is -1.87. The minimum Gasteiger partial charge on any atom is -0.481 e. The Kier molecular flexibility index (Phi) is 9.66. The molecule has 1 aromatic carbocycles. The normalized spacial score (nSPS) is 27.8. The van der Waals surface area contributed by atoms with E-state index in [-0.39, 0.29) is 0 Å². The first kappa shape index (κ1) is 28.7. The van der Waals surface area contributed by atoms with Crippen LogP contribution in [0, 0.1) is 0 Å². The fraction of sp³-hybridized carbons (Fsp3) is 0.538. The summed E-state index contributed by atoms with van der Waals surface area (Å²) in [5, 5.41) is 9.14. The highest BCUT2D eigenvalue weighted by atomic mass is 35.5. The number of carboxylic acids is 1. The van der Waals surface area contributed by atoms with Crippen molar-refractivity contribution >= 4 is 44.9 Å². The minimum absolute atomic E-state index is 0.296. The number of aliphatic carboxylic acids is 1. The van der Waals surface area contributed by atoms with Crippen LogP contribution < -0.4 is 0 Å². The highest BCUT2D eigenvalue weighted by Gasteiger charge is 2.51. The van der Waals surface area contributed by atoms with Crippen LogP contribution in [0.4, 0.5) is 0 Å². The second-order valence-corrected chi connectivity index (χ2v) is 13.1. The first-order valence-electron chi connectivity index (χ1n) is 12.1. The Morgan fingerprint density at radius 3 is 2.50 bits per heavy atom. The Bertz CT molecular complexity index is 1120. The lowest BCUT2D eigenvalue weighted by Gasteiger charge is -2.48. The van der Waals surface area contributed by atoms with Crippen molar-refractivity contribution in [2.24, 2.45) is 0 Å². The zero-order valence-corrected chi connectivity index (χ0v) is 23.0. The average Bonchev–Trinajstić information content (AvgIpc) is 3.30. The van der Waals surface area contributed by atoms with E-state index in [0.29, 0.717) is 35.7 Å². The molecule has 1 saturated carbocycles. The van der Waals surface area contributed by atoms with Crippen molar-refractivity contribution in [3.8, 4) is 0 Å².